The van der Waals surface area contributed by atoms with Gasteiger partial charge in [-0.1, -0.05) is 0 Å². The van der Waals surface area contributed by atoms with Gasteiger partial charge in [0, 0.05) is 0 Å². The lowest BCUT2D eigenvalue weighted by Gasteiger charge is -1.90. The Labute approximate surface area is 49.7 Å². The van der Waals surface area contributed by atoms with Crippen LogP contribution in [0, 0.1) is 0 Å². The molecule has 48 valence electrons. The highest BCUT2D eigenvalue weighted by Gasteiger charge is 2.03. The number of hydrogen-bond acceptors (Lipinski definition) is 3. The van der Waals surface area contributed by atoms with E-state index >= 15 is 0 Å². The fourth-order valence-electron chi connectivity index (χ4n) is 0.165. The predicted octanol–water partition coefficient (Wildman–Crippen LogP) is -0.235. The lowest BCUT2D eigenvalue weighted by molar-refractivity contribution is 0.262. The summed E-state index contributed by atoms with van der Waals surface area (Å²) in [6, 6.07) is 0. The Morgan fingerprint density at radius 1 is 1.88 bits per heavy atom. The first-order valence-electron chi connectivity index (χ1n) is 2.03. The first-order valence-corrected chi connectivity index (χ1v) is 3.10. The van der Waals surface area contributed by atoms with E-state index in [2.05, 4.69) is 9.92 Å². The third kappa shape index (κ3) is 2.70. The van der Waals surface area contributed by atoms with E-state index in [1.54, 1.807) is 6.92 Å². The number of nitrogens with two attached hydrogens (primary N) is 1. The SMILES string of the molecule is CCOS(=O)C(N)=O. The van der Waals surface area contributed by atoms with Gasteiger partial charge in [-0.3, -0.25) is 8.98 Å². The number of amides is 1. The molecule has 1 amide bonds. The molecule has 0 fully saturated rings. The summed E-state index contributed by atoms with van der Waals surface area (Å²) < 4.78 is 14.5. The molecular weight excluding hydrogens is 130 g/mol. The number of rotatable bonds is 2. The monoisotopic (exact) mass is 137 g/mol. The minimum absolute atomic E-state index is 0.232. The van der Waals surface area contributed by atoms with E-state index in [9.17, 15) is 9.00 Å². The van der Waals surface area contributed by atoms with Crippen LogP contribution in [0.1, 0.15) is 6.92 Å². The van der Waals surface area contributed by atoms with Crippen molar-refractivity contribution in [3.8, 4) is 0 Å². The van der Waals surface area contributed by atoms with E-state index in [-0.39, 0.29) is 6.61 Å². The summed E-state index contributed by atoms with van der Waals surface area (Å²) in [5, 5.41) is -0.938. The molecule has 0 rings (SSSR count). The Bertz CT molecular complexity index is 113. The third-order valence-corrected chi connectivity index (χ3v) is 1.17. The summed E-state index contributed by atoms with van der Waals surface area (Å²) in [5.41, 5.74) is 4.56. The highest BCUT2D eigenvalue weighted by Crippen LogP contribution is 1.82. The van der Waals surface area contributed by atoms with Crippen LogP contribution in [0.3, 0.4) is 0 Å². The maximum Gasteiger partial charge on any atom is 0.333 e. The molecule has 0 radical (unpaired) electrons. The molecule has 0 aliphatic carbocycles. The van der Waals surface area contributed by atoms with E-state index in [0.717, 1.165) is 0 Å². The summed E-state index contributed by atoms with van der Waals surface area (Å²) in [4.78, 5) is 9.89. The van der Waals surface area contributed by atoms with Gasteiger partial charge in [-0.25, -0.2) is 4.21 Å². The quantitative estimate of drug-likeness (QED) is 0.571. The fourth-order valence-corrected chi connectivity index (χ4v) is 0.495. The van der Waals surface area contributed by atoms with Crippen LogP contribution in [0.25, 0.3) is 0 Å². The minimum Gasteiger partial charge on any atom is -0.356 e. The van der Waals surface area contributed by atoms with Gasteiger partial charge in [0.15, 0.2) is 0 Å². The van der Waals surface area contributed by atoms with E-state index in [4.69, 9.17) is 0 Å². The Kier molecular flexibility index (Phi) is 3.38. The molecule has 0 aromatic heterocycles. The molecule has 0 aliphatic heterocycles. The first kappa shape index (κ1) is 7.58. The minimum atomic E-state index is -1.93. The maximum absolute atomic E-state index is 10.2. The van der Waals surface area contributed by atoms with Gasteiger partial charge in [-0.05, 0) is 6.92 Å². The van der Waals surface area contributed by atoms with Crippen LogP contribution in [0.5, 0.6) is 0 Å². The van der Waals surface area contributed by atoms with Gasteiger partial charge in [0.2, 0.25) is 11.1 Å². The Balaban J connectivity index is 3.49. The zero-order valence-corrected chi connectivity index (χ0v) is 5.23. The van der Waals surface area contributed by atoms with Gasteiger partial charge in [-0.2, -0.15) is 0 Å². The topological polar surface area (TPSA) is 69.4 Å². The number of carbonyl (C=O) groups is 1. The van der Waals surface area contributed by atoms with Gasteiger partial charge >= 0.3 is 5.24 Å². The lowest BCUT2D eigenvalue weighted by Crippen LogP contribution is -2.17. The normalized spacial score (nSPS) is 13.1. The molecule has 8 heavy (non-hydrogen) atoms. The van der Waals surface area contributed by atoms with Crippen LogP contribution in [0.2, 0.25) is 0 Å². The summed E-state index contributed by atoms with van der Waals surface area (Å²) >= 11 is -1.93. The van der Waals surface area contributed by atoms with Crippen LogP contribution in [0.4, 0.5) is 4.79 Å². The van der Waals surface area contributed by atoms with Crippen LogP contribution in [0.15, 0.2) is 0 Å². The predicted molar refractivity (Wildman–Crippen MR) is 29.4 cm³/mol. The van der Waals surface area contributed by atoms with Crippen LogP contribution in [-0.2, 0) is 15.3 Å². The van der Waals surface area contributed by atoms with E-state index in [0.29, 0.717) is 0 Å². The fraction of sp³-hybridized carbons (Fsp3) is 0.667. The number of hydrogen-bond donors (Lipinski definition) is 1. The van der Waals surface area contributed by atoms with Crippen molar-refractivity contribution in [2.24, 2.45) is 5.73 Å². The Morgan fingerprint density at radius 2 is 2.38 bits per heavy atom. The molecule has 0 aliphatic rings. The second-order valence-corrected chi connectivity index (χ2v) is 2.07. The standard InChI is InChI=1S/C3H7NO3S/c1-2-7-8(6)3(4)5/h2H2,1H3,(H2,4,5). The summed E-state index contributed by atoms with van der Waals surface area (Å²) in [6.45, 7) is 1.86. The molecule has 0 bridgehead atoms. The van der Waals surface area contributed by atoms with Crippen LogP contribution in [-0.4, -0.2) is 16.1 Å². The first-order chi connectivity index (χ1) is 3.68. The molecule has 1 atom stereocenters. The second-order valence-electron chi connectivity index (χ2n) is 0.960. The van der Waals surface area contributed by atoms with Crippen molar-refractivity contribution in [2.75, 3.05) is 6.61 Å². The summed E-state index contributed by atoms with van der Waals surface area (Å²) in [7, 11) is 0. The number of primary amides is 1. The molecule has 1 unspecified atom stereocenters. The molecular formula is C3H7NO3S. The second kappa shape index (κ2) is 3.57. The molecule has 0 saturated carbocycles. The Hall–Kier alpha value is -0.420. The molecule has 0 heterocycles. The Morgan fingerprint density at radius 3 is 2.50 bits per heavy atom. The van der Waals surface area contributed by atoms with E-state index in [1.165, 1.54) is 0 Å². The average molecular weight is 137 g/mol. The highest BCUT2D eigenvalue weighted by atomic mass is 32.2. The molecule has 5 heteroatoms. The highest BCUT2D eigenvalue weighted by molar-refractivity contribution is 7.95. The zero-order valence-electron chi connectivity index (χ0n) is 4.42. The van der Waals surface area contributed by atoms with Crippen molar-refractivity contribution in [2.45, 2.75) is 6.92 Å². The third-order valence-electron chi connectivity index (χ3n) is 0.389. The van der Waals surface area contributed by atoms with Gasteiger partial charge in [0.25, 0.3) is 0 Å². The van der Waals surface area contributed by atoms with Crippen LogP contribution < -0.4 is 5.73 Å². The lowest BCUT2D eigenvalue weighted by atomic mass is 10.9. The van der Waals surface area contributed by atoms with E-state index in [1.807, 2.05) is 0 Å². The zero-order chi connectivity index (χ0) is 6.57. The average Bonchev–Trinajstić information content (AvgIpc) is 1.67. The van der Waals surface area contributed by atoms with Crippen molar-refractivity contribution in [3.63, 3.8) is 0 Å². The summed E-state index contributed by atoms with van der Waals surface area (Å²) in [5.74, 6) is 0. The van der Waals surface area contributed by atoms with Crippen molar-refractivity contribution >= 4 is 16.3 Å². The van der Waals surface area contributed by atoms with Crippen molar-refractivity contribution in [1.29, 1.82) is 0 Å². The largest absolute Gasteiger partial charge is 0.356 e. The molecule has 0 saturated heterocycles. The van der Waals surface area contributed by atoms with E-state index < -0.39 is 16.3 Å². The molecule has 0 aromatic rings. The smallest absolute Gasteiger partial charge is 0.333 e. The van der Waals surface area contributed by atoms with Gasteiger partial charge in [0.1, 0.15) is 0 Å². The molecule has 0 aromatic carbocycles. The number of carbonyl (C=O) groups excluding carboxylic acids is 1. The van der Waals surface area contributed by atoms with Crippen molar-refractivity contribution in [1.82, 2.24) is 0 Å². The van der Waals surface area contributed by atoms with Crippen molar-refractivity contribution < 1.29 is 13.2 Å². The molecule has 4 nitrogen and oxygen atoms in total. The van der Waals surface area contributed by atoms with Gasteiger partial charge in [0.05, 0.1) is 6.61 Å². The van der Waals surface area contributed by atoms with Gasteiger partial charge in [-0.15, -0.1) is 0 Å². The van der Waals surface area contributed by atoms with Crippen LogP contribution >= 0.6 is 0 Å². The molecule has 0 spiro atoms. The van der Waals surface area contributed by atoms with Gasteiger partial charge < -0.3 is 5.73 Å². The summed E-state index contributed by atoms with van der Waals surface area (Å²) in [6.07, 6.45) is 0. The molecule has 2 N–H and O–H groups in total. The maximum atomic E-state index is 10.2. The van der Waals surface area contributed by atoms with Crippen molar-refractivity contribution in [3.05, 3.63) is 0 Å².